The third-order valence-electron chi connectivity index (χ3n) is 2.12. The molecule has 0 aromatic carbocycles. The van der Waals surface area contributed by atoms with Gasteiger partial charge in [0.1, 0.15) is 5.15 Å². The van der Waals surface area contributed by atoms with Crippen LogP contribution in [0.2, 0.25) is 10.2 Å². The SMILES string of the molecule is O=C(NCc1cccnn1)c1cc(Cl)ncc1Cl. The van der Waals surface area contributed by atoms with E-state index in [0.717, 1.165) is 0 Å². The molecule has 0 fully saturated rings. The minimum absolute atomic E-state index is 0.212. The monoisotopic (exact) mass is 282 g/mol. The van der Waals surface area contributed by atoms with Crippen LogP contribution in [0.1, 0.15) is 16.1 Å². The molecule has 0 aliphatic carbocycles. The highest BCUT2D eigenvalue weighted by molar-refractivity contribution is 6.35. The standard InChI is InChI=1S/C11H8Cl2N4O/c12-9-6-14-10(13)4-8(9)11(18)15-5-7-2-1-3-16-17-7/h1-4,6H,5H2,(H,15,18). The first-order valence-electron chi connectivity index (χ1n) is 5.02. The molecular formula is C11H8Cl2N4O. The molecule has 0 aliphatic heterocycles. The van der Waals surface area contributed by atoms with Crippen molar-refractivity contribution in [2.24, 2.45) is 0 Å². The maximum Gasteiger partial charge on any atom is 0.253 e. The fourth-order valence-corrected chi connectivity index (χ4v) is 1.63. The zero-order valence-corrected chi connectivity index (χ0v) is 10.6. The Bertz CT molecular complexity index is 562. The minimum Gasteiger partial charge on any atom is -0.346 e. The molecule has 0 unspecified atom stereocenters. The number of hydrogen-bond acceptors (Lipinski definition) is 4. The van der Waals surface area contributed by atoms with E-state index in [4.69, 9.17) is 23.2 Å². The molecule has 1 N–H and O–H groups in total. The summed E-state index contributed by atoms with van der Waals surface area (Å²) >= 11 is 11.6. The van der Waals surface area contributed by atoms with Gasteiger partial charge in [-0.1, -0.05) is 23.2 Å². The second-order valence-corrected chi connectivity index (χ2v) is 4.18. The Morgan fingerprint density at radius 1 is 1.39 bits per heavy atom. The van der Waals surface area contributed by atoms with Crippen LogP contribution in [0.5, 0.6) is 0 Å². The molecular weight excluding hydrogens is 275 g/mol. The van der Waals surface area contributed by atoms with Gasteiger partial charge in [-0.05, 0) is 18.2 Å². The molecule has 0 radical (unpaired) electrons. The molecule has 18 heavy (non-hydrogen) atoms. The molecule has 0 atom stereocenters. The lowest BCUT2D eigenvalue weighted by molar-refractivity contribution is 0.0950. The number of nitrogens with zero attached hydrogens (tertiary/aromatic N) is 3. The molecule has 92 valence electrons. The quantitative estimate of drug-likeness (QED) is 0.876. The fraction of sp³-hybridized carbons (Fsp3) is 0.0909. The average Bonchev–Trinajstić information content (AvgIpc) is 2.40. The molecule has 1 amide bonds. The fourth-order valence-electron chi connectivity index (χ4n) is 1.28. The largest absolute Gasteiger partial charge is 0.346 e. The highest BCUT2D eigenvalue weighted by atomic mass is 35.5. The summed E-state index contributed by atoms with van der Waals surface area (Å²) in [5.41, 5.74) is 0.933. The topological polar surface area (TPSA) is 67.8 Å². The number of nitrogens with one attached hydrogen (secondary N) is 1. The van der Waals surface area contributed by atoms with Gasteiger partial charge in [0.2, 0.25) is 0 Å². The molecule has 0 saturated carbocycles. The Morgan fingerprint density at radius 2 is 2.22 bits per heavy atom. The van der Waals surface area contributed by atoms with Gasteiger partial charge in [0.25, 0.3) is 5.91 Å². The van der Waals surface area contributed by atoms with Gasteiger partial charge in [-0.15, -0.1) is 0 Å². The summed E-state index contributed by atoms with van der Waals surface area (Å²) < 4.78 is 0. The lowest BCUT2D eigenvalue weighted by atomic mass is 10.2. The molecule has 7 heteroatoms. The summed E-state index contributed by atoms with van der Waals surface area (Å²) in [5.74, 6) is -0.338. The van der Waals surface area contributed by atoms with Gasteiger partial charge >= 0.3 is 0 Å². The molecule has 2 aromatic heterocycles. The Hall–Kier alpha value is -1.72. The van der Waals surface area contributed by atoms with E-state index < -0.39 is 0 Å². The Balaban J connectivity index is 2.06. The van der Waals surface area contributed by atoms with Crippen molar-refractivity contribution in [1.29, 1.82) is 0 Å². The van der Waals surface area contributed by atoms with Crippen molar-refractivity contribution in [3.63, 3.8) is 0 Å². The van der Waals surface area contributed by atoms with Gasteiger partial charge in [-0.3, -0.25) is 4.79 Å². The molecule has 5 nitrogen and oxygen atoms in total. The molecule has 2 heterocycles. The molecule has 0 bridgehead atoms. The van der Waals surface area contributed by atoms with Crippen molar-refractivity contribution in [2.75, 3.05) is 0 Å². The van der Waals surface area contributed by atoms with E-state index in [1.54, 1.807) is 18.3 Å². The summed E-state index contributed by atoms with van der Waals surface area (Å²) in [4.78, 5) is 15.6. The Morgan fingerprint density at radius 3 is 2.94 bits per heavy atom. The molecule has 2 rings (SSSR count). The van der Waals surface area contributed by atoms with Crippen molar-refractivity contribution >= 4 is 29.1 Å². The van der Waals surface area contributed by atoms with E-state index in [9.17, 15) is 4.79 Å². The van der Waals surface area contributed by atoms with Crippen molar-refractivity contribution in [2.45, 2.75) is 6.54 Å². The maximum atomic E-state index is 11.9. The maximum absolute atomic E-state index is 11.9. The number of halogens is 2. The third-order valence-corrected chi connectivity index (χ3v) is 2.63. The van der Waals surface area contributed by atoms with Crippen molar-refractivity contribution < 1.29 is 4.79 Å². The molecule has 0 spiro atoms. The lowest BCUT2D eigenvalue weighted by Crippen LogP contribution is -2.23. The van der Waals surface area contributed by atoms with Gasteiger partial charge in [-0.2, -0.15) is 10.2 Å². The van der Waals surface area contributed by atoms with Crippen molar-refractivity contribution in [3.8, 4) is 0 Å². The highest BCUT2D eigenvalue weighted by Crippen LogP contribution is 2.17. The number of carbonyl (C=O) groups excluding carboxylic acids is 1. The molecule has 2 aromatic rings. The second kappa shape index (κ2) is 5.75. The third kappa shape index (κ3) is 3.15. The number of aromatic nitrogens is 3. The van der Waals surface area contributed by atoms with Crippen LogP contribution in [-0.4, -0.2) is 21.1 Å². The number of hydrogen-bond donors (Lipinski definition) is 1. The summed E-state index contributed by atoms with van der Waals surface area (Å²) in [7, 11) is 0. The minimum atomic E-state index is -0.338. The summed E-state index contributed by atoms with van der Waals surface area (Å²) in [6.07, 6.45) is 2.89. The van der Waals surface area contributed by atoms with Crippen LogP contribution in [0.4, 0.5) is 0 Å². The van der Waals surface area contributed by atoms with Crippen molar-refractivity contribution in [3.05, 3.63) is 52.0 Å². The predicted molar refractivity (Wildman–Crippen MR) is 67.5 cm³/mol. The number of pyridine rings is 1. The first-order valence-corrected chi connectivity index (χ1v) is 5.78. The van der Waals surface area contributed by atoms with E-state index in [1.165, 1.54) is 12.3 Å². The number of amides is 1. The summed E-state index contributed by atoms with van der Waals surface area (Å²) in [6, 6.07) is 4.91. The molecule has 0 aliphatic rings. The van der Waals surface area contributed by atoms with Crippen LogP contribution in [0.25, 0.3) is 0 Å². The zero-order chi connectivity index (χ0) is 13.0. The Kier molecular flexibility index (Phi) is 4.07. The van der Waals surface area contributed by atoms with Crippen molar-refractivity contribution in [1.82, 2.24) is 20.5 Å². The van der Waals surface area contributed by atoms with Crippen LogP contribution in [0.3, 0.4) is 0 Å². The lowest BCUT2D eigenvalue weighted by Gasteiger charge is -2.05. The van der Waals surface area contributed by atoms with E-state index in [-0.39, 0.29) is 28.2 Å². The Labute approximate surface area is 113 Å². The van der Waals surface area contributed by atoms with E-state index in [2.05, 4.69) is 20.5 Å². The van der Waals surface area contributed by atoms with E-state index >= 15 is 0 Å². The van der Waals surface area contributed by atoms with Gasteiger partial charge < -0.3 is 5.32 Å². The van der Waals surface area contributed by atoms with Gasteiger partial charge in [0, 0.05) is 12.4 Å². The smallest absolute Gasteiger partial charge is 0.253 e. The summed E-state index contributed by atoms with van der Waals surface area (Å²) in [6.45, 7) is 0.267. The average molecular weight is 283 g/mol. The van der Waals surface area contributed by atoms with Gasteiger partial charge in [0.05, 0.1) is 22.8 Å². The number of carbonyl (C=O) groups is 1. The van der Waals surface area contributed by atoms with Crippen LogP contribution in [0.15, 0.2) is 30.6 Å². The predicted octanol–water partition coefficient (Wildman–Crippen LogP) is 2.11. The first-order chi connectivity index (χ1) is 8.66. The van der Waals surface area contributed by atoms with E-state index in [0.29, 0.717) is 5.69 Å². The normalized spacial score (nSPS) is 10.1. The zero-order valence-electron chi connectivity index (χ0n) is 9.10. The first kappa shape index (κ1) is 12.7. The summed E-state index contributed by atoms with van der Waals surface area (Å²) in [5, 5.41) is 10.7. The van der Waals surface area contributed by atoms with Gasteiger partial charge in [0.15, 0.2) is 0 Å². The van der Waals surface area contributed by atoms with Crippen LogP contribution < -0.4 is 5.32 Å². The highest BCUT2D eigenvalue weighted by Gasteiger charge is 2.11. The second-order valence-electron chi connectivity index (χ2n) is 3.38. The van der Waals surface area contributed by atoms with Crippen LogP contribution in [-0.2, 0) is 6.54 Å². The van der Waals surface area contributed by atoms with Gasteiger partial charge in [-0.25, -0.2) is 4.98 Å². The van der Waals surface area contributed by atoms with E-state index in [1.807, 2.05) is 0 Å². The molecule has 0 saturated heterocycles. The van der Waals surface area contributed by atoms with Crippen LogP contribution in [0, 0.1) is 0 Å². The van der Waals surface area contributed by atoms with Crippen LogP contribution >= 0.6 is 23.2 Å². The number of rotatable bonds is 3.